The van der Waals surface area contributed by atoms with Gasteiger partial charge in [0.15, 0.2) is 0 Å². The highest BCUT2D eigenvalue weighted by Crippen LogP contribution is 2.29. The molecular weight excluding hydrogens is 258 g/mol. The number of amides is 1. The monoisotopic (exact) mass is 277 g/mol. The van der Waals surface area contributed by atoms with Crippen molar-refractivity contribution in [2.45, 2.75) is 20.4 Å². The first-order chi connectivity index (χ1) is 10.2. The van der Waals surface area contributed by atoms with E-state index in [0.29, 0.717) is 6.54 Å². The fourth-order valence-electron chi connectivity index (χ4n) is 2.66. The normalized spacial score (nSPS) is 14.9. The summed E-state index contributed by atoms with van der Waals surface area (Å²) >= 11 is 0. The standard InChI is InChI=1S/C19H19NO/c1-14(2)19(21)20-13-17-9-4-3-7-15(17)11-12-16-8-5-6-10-18(16)20/h3-12,14H,13H2,1-2H3/b12-11-. The van der Waals surface area contributed by atoms with Crippen LogP contribution in [-0.4, -0.2) is 5.91 Å². The highest BCUT2D eigenvalue weighted by molar-refractivity contribution is 5.97. The molecule has 1 heterocycles. The van der Waals surface area contributed by atoms with Gasteiger partial charge < -0.3 is 4.90 Å². The summed E-state index contributed by atoms with van der Waals surface area (Å²) in [6.07, 6.45) is 4.22. The molecule has 0 radical (unpaired) electrons. The van der Waals surface area contributed by atoms with Gasteiger partial charge in [0.2, 0.25) is 5.91 Å². The number of para-hydroxylation sites is 1. The van der Waals surface area contributed by atoms with Crippen molar-refractivity contribution in [3.8, 4) is 0 Å². The Bertz CT molecular complexity index is 700. The van der Waals surface area contributed by atoms with Crippen molar-refractivity contribution in [1.82, 2.24) is 0 Å². The van der Waals surface area contributed by atoms with Crippen molar-refractivity contribution in [2.75, 3.05) is 4.90 Å². The van der Waals surface area contributed by atoms with Gasteiger partial charge in [-0.3, -0.25) is 4.79 Å². The maximum absolute atomic E-state index is 12.6. The van der Waals surface area contributed by atoms with E-state index in [1.54, 1.807) is 0 Å². The van der Waals surface area contributed by atoms with Crippen LogP contribution in [0.15, 0.2) is 48.5 Å². The molecule has 2 heteroatoms. The third-order valence-electron chi connectivity index (χ3n) is 3.81. The Hall–Kier alpha value is -2.35. The molecule has 2 aromatic carbocycles. The number of anilines is 1. The fraction of sp³-hybridized carbons (Fsp3) is 0.211. The molecule has 1 aliphatic heterocycles. The highest BCUT2D eigenvalue weighted by Gasteiger charge is 2.22. The fourth-order valence-corrected chi connectivity index (χ4v) is 2.66. The van der Waals surface area contributed by atoms with Crippen molar-refractivity contribution < 1.29 is 4.79 Å². The summed E-state index contributed by atoms with van der Waals surface area (Å²) in [7, 11) is 0. The van der Waals surface area contributed by atoms with Crippen molar-refractivity contribution in [2.24, 2.45) is 5.92 Å². The lowest BCUT2D eigenvalue weighted by Gasteiger charge is -2.28. The molecule has 3 rings (SSSR count). The Kier molecular flexibility index (Phi) is 3.61. The van der Waals surface area contributed by atoms with Crippen molar-refractivity contribution >= 4 is 23.7 Å². The molecule has 0 fully saturated rings. The van der Waals surface area contributed by atoms with Gasteiger partial charge in [0, 0.05) is 5.92 Å². The zero-order chi connectivity index (χ0) is 14.8. The predicted octanol–water partition coefficient (Wildman–Crippen LogP) is 4.36. The predicted molar refractivity (Wildman–Crippen MR) is 87.8 cm³/mol. The Morgan fingerprint density at radius 3 is 2.33 bits per heavy atom. The van der Waals surface area contributed by atoms with Crippen molar-refractivity contribution in [3.63, 3.8) is 0 Å². The van der Waals surface area contributed by atoms with Gasteiger partial charge in [-0.05, 0) is 22.8 Å². The number of fused-ring (bicyclic) bond motifs is 2. The van der Waals surface area contributed by atoms with E-state index in [4.69, 9.17) is 0 Å². The van der Waals surface area contributed by atoms with Crippen LogP contribution in [0.25, 0.3) is 12.2 Å². The number of carbonyl (C=O) groups is 1. The number of carbonyl (C=O) groups excluding carboxylic acids is 1. The van der Waals surface area contributed by atoms with Gasteiger partial charge in [-0.2, -0.15) is 0 Å². The Labute approximate surface area is 125 Å². The molecule has 0 spiro atoms. The second-order valence-electron chi connectivity index (χ2n) is 5.67. The largest absolute Gasteiger partial charge is 0.307 e. The number of benzene rings is 2. The quantitative estimate of drug-likeness (QED) is 0.758. The Morgan fingerprint density at radius 1 is 0.952 bits per heavy atom. The highest BCUT2D eigenvalue weighted by atomic mass is 16.2. The third-order valence-corrected chi connectivity index (χ3v) is 3.81. The second-order valence-corrected chi connectivity index (χ2v) is 5.67. The van der Waals surface area contributed by atoms with E-state index in [-0.39, 0.29) is 11.8 Å². The molecule has 0 bridgehead atoms. The average Bonchev–Trinajstić information content (AvgIpc) is 2.49. The Morgan fingerprint density at radius 2 is 1.57 bits per heavy atom. The number of rotatable bonds is 1. The molecule has 1 amide bonds. The summed E-state index contributed by atoms with van der Waals surface area (Å²) in [4.78, 5) is 14.5. The lowest BCUT2D eigenvalue weighted by Crippen LogP contribution is -2.34. The summed E-state index contributed by atoms with van der Waals surface area (Å²) in [5, 5.41) is 0. The minimum Gasteiger partial charge on any atom is -0.307 e. The van der Waals surface area contributed by atoms with E-state index in [1.807, 2.05) is 49.1 Å². The minimum atomic E-state index is -0.0198. The minimum absolute atomic E-state index is 0.0198. The molecule has 21 heavy (non-hydrogen) atoms. The SMILES string of the molecule is CC(C)C(=O)N1Cc2ccccc2/C=C\c2ccccc21. The van der Waals surface area contributed by atoms with Crippen LogP contribution >= 0.6 is 0 Å². The van der Waals surface area contributed by atoms with Crippen LogP contribution in [0.2, 0.25) is 0 Å². The smallest absolute Gasteiger partial charge is 0.229 e. The summed E-state index contributed by atoms with van der Waals surface area (Å²) in [5.74, 6) is 0.140. The first-order valence-electron chi connectivity index (χ1n) is 7.33. The molecule has 0 atom stereocenters. The summed E-state index contributed by atoms with van der Waals surface area (Å²) in [5.41, 5.74) is 4.42. The maximum atomic E-state index is 12.6. The van der Waals surface area contributed by atoms with Gasteiger partial charge in [0.25, 0.3) is 0 Å². The van der Waals surface area contributed by atoms with Crippen LogP contribution in [0.1, 0.15) is 30.5 Å². The molecule has 0 saturated heterocycles. The molecule has 2 aromatic rings. The lowest BCUT2D eigenvalue weighted by molar-refractivity contribution is -0.121. The molecule has 0 aromatic heterocycles. The van der Waals surface area contributed by atoms with E-state index in [0.717, 1.165) is 11.3 Å². The van der Waals surface area contributed by atoms with Crippen LogP contribution in [0.3, 0.4) is 0 Å². The van der Waals surface area contributed by atoms with E-state index in [1.165, 1.54) is 11.1 Å². The summed E-state index contributed by atoms with van der Waals surface area (Å²) < 4.78 is 0. The van der Waals surface area contributed by atoms with Gasteiger partial charge >= 0.3 is 0 Å². The van der Waals surface area contributed by atoms with Gasteiger partial charge in [-0.15, -0.1) is 0 Å². The summed E-state index contributed by atoms with van der Waals surface area (Å²) in [6, 6.07) is 16.3. The van der Waals surface area contributed by atoms with E-state index in [9.17, 15) is 4.79 Å². The molecule has 106 valence electrons. The van der Waals surface area contributed by atoms with E-state index >= 15 is 0 Å². The third kappa shape index (κ3) is 2.62. The topological polar surface area (TPSA) is 20.3 Å². The van der Waals surface area contributed by atoms with Crippen LogP contribution in [0, 0.1) is 5.92 Å². The molecule has 0 N–H and O–H groups in total. The van der Waals surface area contributed by atoms with Crippen LogP contribution in [-0.2, 0) is 11.3 Å². The molecular formula is C19H19NO. The zero-order valence-electron chi connectivity index (χ0n) is 12.4. The number of hydrogen-bond acceptors (Lipinski definition) is 1. The molecule has 0 unspecified atom stereocenters. The zero-order valence-corrected chi connectivity index (χ0v) is 12.4. The second kappa shape index (κ2) is 5.57. The first-order valence-corrected chi connectivity index (χ1v) is 7.33. The van der Waals surface area contributed by atoms with Crippen LogP contribution < -0.4 is 4.90 Å². The molecule has 1 aliphatic rings. The van der Waals surface area contributed by atoms with Crippen molar-refractivity contribution in [3.05, 3.63) is 65.2 Å². The van der Waals surface area contributed by atoms with Gasteiger partial charge in [0.05, 0.1) is 12.2 Å². The Balaban J connectivity index is 2.16. The number of nitrogens with zero attached hydrogens (tertiary/aromatic N) is 1. The molecule has 0 saturated carbocycles. The van der Waals surface area contributed by atoms with Gasteiger partial charge in [-0.1, -0.05) is 68.5 Å². The van der Waals surface area contributed by atoms with Crippen LogP contribution in [0.4, 0.5) is 5.69 Å². The number of hydrogen-bond donors (Lipinski definition) is 0. The van der Waals surface area contributed by atoms with E-state index < -0.39 is 0 Å². The maximum Gasteiger partial charge on any atom is 0.229 e. The van der Waals surface area contributed by atoms with Gasteiger partial charge in [-0.25, -0.2) is 0 Å². The van der Waals surface area contributed by atoms with Gasteiger partial charge in [0.1, 0.15) is 0 Å². The first kappa shape index (κ1) is 13.6. The molecule has 0 aliphatic carbocycles. The molecule has 2 nitrogen and oxygen atoms in total. The summed E-state index contributed by atoms with van der Waals surface area (Å²) in [6.45, 7) is 4.52. The lowest BCUT2D eigenvalue weighted by atomic mass is 10.00. The van der Waals surface area contributed by atoms with Crippen LogP contribution in [0.5, 0.6) is 0 Å². The average molecular weight is 277 g/mol. The van der Waals surface area contributed by atoms with Crippen molar-refractivity contribution in [1.29, 1.82) is 0 Å². The van der Waals surface area contributed by atoms with E-state index in [2.05, 4.69) is 30.4 Å².